The molecular weight excluding hydrogens is 297 g/mol. The van der Waals surface area contributed by atoms with Crippen molar-refractivity contribution in [1.29, 1.82) is 0 Å². The van der Waals surface area contributed by atoms with Gasteiger partial charge in [-0.1, -0.05) is 0 Å². The molecule has 0 bridgehead atoms. The van der Waals surface area contributed by atoms with E-state index in [1.165, 1.54) is 4.98 Å². The molecule has 0 radical (unpaired) electrons. The lowest BCUT2D eigenvalue weighted by molar-refractivity contribution is -0.148. The summed E-state index contributed by atoms with van der Waals surface area (Å²) >= 11 is 0. The number of carboxylic acid groups (broad SMARTS) is 1. The van der Waals surface area contributed by atoms with Gasteiger partial charge in [-0.3, -0.25) is 9.59 Å². The Morgan fingerprint density at radius 1 is 1.43 bits per heavy atom. The number of carboxylic acids is 1. The Morgan fingerprint density at radius 2 is 2.05 bits per heavy atom. The third kappa shape index (κ3) is 4.31. The van der Waals surface area contributed by atoms with E-state index in [1.54, 1.807) is 0 Å². The zero-order chi connectivity index (χ0) is 16.2. The lowest BCUT2D eigenvalue weighted by Gasteiger charge is -2.11. The topological polar surface area (TPSA) is 108 Å². The number of H-pyrrole nitrogens is 1. The first-order valence-corrected chi connectivity index (χ1v) is 5.51. The maximum Gasteiger partial charge on any atom is 0.431 e. The van der Waals surface area contributed by atoms with Gasteiger partial charge < -0.3 is 20.1 Å². The smallest absolute Gasteiger partial charge is 0.431 e. The van der Waals surface area contributed by atoms with Crippen LogP contribution in [0.1, 0.15) is 16.1 Å². The van der Waals surface area contributed by atoms with Gasteiger partial charge in [-0.05, 0) is 12.1 Å². The van der Waals surface area contributed by atoms with E-state index in [9.17, 15) is 27.6 Å². The van der Waals surface area contributed by atoms with Crippen molar-refractivity contribution in [2.75, 3.05) is 13.7 Å². The van der Waals surface area contributed by atoms with E-state index in [-0.39, 0.29) is 0 Å². The molecule has 0 aliphatic rings. The number of halogens is 3. The van der Waals surface area contributed by atoms with E-state index in [4.69, 9.17) is 5.11 Å². The minimum absolute atomic E-state index is 0.439. The monoisotopic (exact) mass is 308 g/mol. The van der Waals surface area contributed by atoms with Gasteiger partial charge in [0.05, 0.1) is 6.54 Å². The second-order valence-electron chi connectivity index (χ2n) is 3.89. The standard InChI is InChI=1S/C11H11F3N2O5/c1-21-6(10(19)20)4-15-8(17)5-2-3-7(11(12,13)14)16-9(5)18/h2-3,6H,4H2,1H3,(H,15,17)(H,16,18)(H,19,20). The molecule has 0 saturated carbocycles. The second kappa shape index (κ2) is 6.39. The summed E-state index contributed by atoms with van der Waals surface area (Å²) in [6, 6.07) is 1.25. The lowest BCUT2D eigenvalue weighted by Crippen LogP contribution is -2.39. The quantitative estimate of drug-likeness (QED) is 0.721. The van der Waals surface area contributed by atoms with Gasteiger partial charge in [-0.25, -0.2) is 4.79 Å². The molecule has 1 aromatic heterocycles. The predicted octanol–water partition coefficient (Wildman–Crippen LogP) is 0.223. The molecule has 7 nitrogen and oxygen atoms in total. The molecule has 116 valence electrons. The molecule has 0 fully saturated rings. The van der Waals surface area contributed by atoms with E-state index in [0.717, 1.165) is 7.11 Å². The fourth-order valence-electron chi connectivity index (χ4n) is 1.37. The Balaban J connectivity index is 2.85. The highest BCUT2D eigenvalue weighted by Crippen LogP contribution is 2.26. The van der Waals surface area contributed by atoms with Gasteiger partial charge in [0.1, 0.15) is 11.3 Å². The zero-order valence-corrected chi connectivity index (χ0v) is 10.7. The van der Waals surface area contributed by atoms with Crippen molar-refractivity contribution in [3.63, 3.8) is 0 Å². The van der Waals surface area contributed by atoms with Crippen LogP contribution in [-0.4, -0.2) is 41.7 Å². The fraction of sp³-hybridized carbons (Fsp3) is 0.364. The molecule has 3 N–H and O–H groups in total. The Bertz CT molecular complexity index is 596. The first-order chi connectivity index (χ1) is 9.66. The number of aliphatic carboxylic acids is 1. The maximum absolute atomic E-state index is 12.3. The summed E-state index contributed by atoms with van der Waals surface area (Å²) in [6.45, 7) is -0.439. The molecule has 1 amide bonds. The molecule has 10 heteroatoms. The van der Waals surface area contributed by atoms with Crippen molar-refractivity contribution in [2.45, 2.75) is 12.3 Å². The van der Waals surface area contributed by atoms with Crippen LogP contribution in [0.2, 0.25) is 0 Å². The van der Waals surface area contributed by atoms with Crippen molar-refractivity contribution in [2.24, 2.45) is 0 Å². The Kier molecular flexibility index (Phi) is 5.08. The number of hydrogen-bond donors (Lipinski definition) is 3. The van der Waals surface area contributed by atoms with Crippen LogP contribution in [0.4, 0.5) is 13.2 Å². The number of amides is 1. The average molecular weight is 308 g/mol. The SMILES string of the molecule is COC(CNC(=O)c1ccc(C(F)(F)F)[nH]c1=O)C(=O)O. The van der Waals surface area contributed by atoms with Crippen molar-refractivity contribution < 1.29 is 32.6 Å². The number of aromatic amines is 1. The molecule has 1 aromatic rings. The van der Waals surface area contributed by atoms with Crippen LogP contribution in [0.5, 0.6) is 0 Å². The highest BCUT2D eigenvalue weighted by molar-refractivity contribution is 5.94. The van der Waals surface area contributed by atoms with Crippen LogP contribution < -0.4 is 10.9 Å². The number of nitrogens with one attached hydrogen (secondary N) is 2. The summed E-state index contributed by atoms with van der Waals surface area (Å²) in [5, 5.41) is 10.8. The minimum Gasteiger partial charge on any atom is -0.479 e. The number of rotatable bonds is 5. The highest BCUT2D eigenvalue weighted by Gasteiger charge is 2.32. The van der Waals surface area contributed by atoms with Crippen LogP contribution in [0, 0.1) is 0 Å². The first kappa shape index (κ1) is 16.7. The molecule has 0 aliphatic carbocycles. The average Bonchev–Trinajstić information content (AvgIpc) is 2.37. The summed E-state index contributed by atoms with van der Waals surface area (Å²) in [7, 11) is 1.11. The maximum atomic E-state index is 12.3. The van der Waals surface area contributed by atoms with Crippen LogP contribution in [0.15, 0.2) is 16.9 Å². The van der Waals surface area contributed by atoms with E-state index in [2.05, 4.69) is 10.1 Å². The Hall–Kier alpha value is -2.36. The molecular formula is C11H11F3N2O5. The number of pyridine rings is 1. The van der Waals surface area contributed by atoms with Crippen molar-refractivity contribution >= 4 is 11.9 Å². The predicted molar refractivity (Wildman–Crippen MR) is 62.8 cm³/mol. The van der Waals surface area contributed by atoms with Gasteiger partial charge >= 0.3 is 12.1 Å². The van der Waals surface area contributed by atoms with Gasteiger partial charge in [0, 0.05) is 7.11 Å². The molecule has 0 saturated heterocycles. The highest BCUT2D eigenvalue weighted by atomic mass is 19.4. The van der Waals surface area contributed by atoms with Crippen LogP contribution in [-0.2, 0) is 15.7 Å². The number of carbonyl (C=O) groups excluding carboxylic acids is 1. The number of carbonyl (C=O) groups is 2. The minimum atomic E-state index is -4.74. The molecule has 1 atom stereocenters. The number of ether oxygens (including phenoxy) is 1. The summed E-state index contributed by atoms with van der Waals surface area (Å²) in [5.74, 6) is -2.34. The van der Waals surface area contributed by atoms with E-state index in [0.29, 0.717) is 12.1 Å². The van der Waals surface area contributed by atoms with E-state index in [1.807, 2.05) is 0 Å². The molecule has 1 heterocycles. The molecule has 0 spiro atoms. The molecule has 0 aromatic carbocycles. The van der Waals surface area contributed by atoms with Gasteiger partial charge in [0.25, 0.3) is 11.5 Å². The fourth-order valence-corrected chi connectivity index (χ4v) is 1.37. The molecule has 1 rings (SSSR count). The Morgan fingerprint density at radius 3 is 2.48 bits per heavy atom. The lowest BCUT2D eigenvalue weighted by atomic mass is 10.2. The summed E-state index contributed by atoms with van der Waals surface area (Å²) < 4.78 is 41.6. The third-order valence-corrected chi connectivity index (χ3v) is 2.47. The number of aromatic nitrogens is 1. The number of hydrogen-bond acceptors (Lipinski definition) is 4. The molecule has 21 heavy (non-hydrogen) atoms. The molecule has 0 aliphatic heterocycles. The molecule has 1 unspecified atom stereocenters. The largest absolute Gasteiger partial charge is 0.479 e. The Labute approximate surface area is 115 Å². The van der Waals surface area contributed by atoms with Gasteiger partial charge in [-0.2, -0.15) is 13.2 Å². The van der Waals surface area contributed by atoms with Crippen molar-refractivity contribution in [3.8, 4) is 0 Å². The van der Waals surface area contributed by atoms with Crippen molar-refractivity contribution in [3.05, 3.63) is 33.7 Å². The first-order valence-electron chi connectivity index (χ1n) is 5.51. The third-order valence-electron chi connectivity index (χ3n) is 2.47. The van der Waals surface area contributed by atoms with Crippen LogP contribution in [0.3, 0.4) is 0 Å². The second-order valence-corrected chi connectivity index (χ2v) is 3.89. The summed E-state index contributed by atoms with van der Waals surface area (Å²) in [6.07, 6.45) is -6.07. The van der Waals surface area contributed by atoms with Gasteiger partial charge in [0.2, 0.25) is 0 Å². The number of alkyl halides is 3. The van der Waals surface area contributed by atoms with Crippen LogP contribution in [0.25, 0.3) is 0 Å². The van der Waals surface area contributed by atoms with E-state index < -0.39 is 47.5 Å². The summed E-state index contributed by atoms with van der Waals surface area (Å²) in [5.41, 5.74) is -3.08. The van der Waals surface area contributed by atoms with E-state index >= 15 is 0 Å². The summed E-state index contributed by atoms with van der Waals surface area (Å²) in [4.78, 5) is 35.2. The van der Waals surface area contributed by atoms with Crippen molar-refractivity contribution in [1.82, 2.24) is 10.3 Å². The normalized spacial score (nSPS) is 12.8. The van der Waals surface area contributed by atoms with Gasteiger partial charge in [0.15, 0.2) is 6.10 Å². The van der Waals surface area contributed by atoms with Crippen LogP contribution >= 0.6 is 0 Å². The van der Waals surface area contributed by atoms with Gasteiger partial charge in [-0.15, -0.1) is 0 Å². The number of methoxy groups -OCH3 is 1. The zero-order valence-electron chi connectivity index (χ0n) is 10.7.